The minimum Gasteiger partial charge on any atom is -0.462 e. The highest BCUT2D eigenvalue weighted by molar-refractivity contribution is 5.91. The van der Waals surface area contributed by atoms with Gasteiger partial charge >= 0.3 is 5.97 Å². The van der Waals surface area contributed by atoms with Crippen LogP contribution in [-0.4, -0.2) is 17.6 Å². The Morgan fingerprint density at radius 3 is 2.80 bits per heavy atom. The van der Waals surface area contributed by atoms with Crippen molar-refractivity contribution in [1.29, 1.82) is 0 Å². The number of carbonyl (C=O) groups is 1. The SMILES string of the molecule is Cc1ncc(N)cc1C(=O)OCCCc1ccccc1. The van der Waals surface area contributed by atoms with Crippen LogP contribution in [-0.2, 0) is 11.2 Å². The molecule has 2 aromatic rings. The summed E-state index contributed by atoms with van der Waals surface area (Å²) in [4.78, 5) is 16.0. The van der Waals surface area contributed by atoms with Crippen LogP contribution in [0.4, 0.5) is 5.69 Å². The van der Waals surface area contributed by atoms with Crippen LogP contribution in [0, 0.1) is 6.92 Å². The fourth-order valence-corrected chi connectivity index (χ4v) is 1.92. The van der Waals surface area contributed by atoms with Crippen molar-refractivity contribution in [3.8, 4) is 0 Å². The first-order chi connectivity index (χ1) is 9.66. The number of nitrogen functional groups attached to an aromatic ring is 1. The first-order valence-corrected chi connectivity index (χ1v) is 6.60. The van der Waals surface area contributed by atoms with Crippen LogP contribution in [0.25, 0.3) is 0 Å². The Morgan fingerprint density at radius 2 is 2.05 bits per heavy atom. The predicted octanol–water partition coefficient (Wildman–Crippen LogP) is 2.76. The van der Waals surface area contributed by atoms with E-state index in [1.807, 2.05) is 18.2 Å². The van der Waals surface area contributed by atoms with Crippen LogP contribution in [0.5, 0.6) is 0 Å². The molecule has 0 atom stereocenters. The van der Waals surface area contributed by atoms with Crippen molar-refractivity contribution in [2.45, 2.75) is 19.8 Å². The van der Waals surface area contributed by atoms with Gasteiger partial charge in [0.1, 0.15) is 0 Å². The number of aryl methyl sites for hydroxylation is 2. The number of hydrogen-bond donors (Lipinski definition) is 1. The summed E-state index contributed by atoms with van der Waals surface area (Å²) in [6.07, 6.45) is 3.22. The molecule has 20 heavy (non-hydrogen) atoms. The van der Waals surface area contributed by atoms with Gasteiger partial charge in [0.15, 0.2) is 0 Å². The summed E-state index contributed by atoms with van der Waals surface area (Å²) in [6.45, 7) is 2.15. The number of nitrogens with two attached hydrogens (primary N) is 1. The normalized spacial score (nSPS) is 10.2. The standard InChI is InChI=1S/C16H18N2O2/c1-12-15(10-14(17)11-18-12)16(19)20-9-5-8-13-6-3-2-4-7-13/h2-4,6-7,10-11H,5,8-9,17H2,1H3. The minimum absolute atomic E-state index is 0.365. The van der Waals surface area contributed by atoms with Gasteiger partial charge in [-0.05, 0) is 31.4 Å². The maximum Gasteiger partial charge on any atom is 0.340 e. The second-order valence-corrected chi connectivity index (χ2v) is 4.63. The molecular formula is C16H18N2O2. The third-order valence-electron chi connectivity index (χ3n) is 3.01. The quantitative estimate of drug-likeness (QED) is 0.670. The Hall–Kier alpha value is -2.36. The number of benzene rings is 1. The molecule has 104 valence electrons. The molecular weight excluding hydrogens is 252 g/mol. The Labute approximate surface area is 118 Å². The summed E-state index contributed by atoms with van der Waals surface area (Å²) < 4.78 is 5.25. The van der Waals surface area contributed by atoms with E-state index in [1.165, 1.54) is 11.8 Å². The smallest absolute Gasteiger partial charge is 0.340 e. The van der Waals surface area contributed by atoms with E-state index >= 15 is 0 Å². The Kier molecular flexibility index (Phi) is 4.71. The molecule has 0 aliphatic heterocycles. The highest BCUT2D eigenvalue weighted by Gasteiger charge is 2.11. The summed E-state index contributed by atoms with van der Waals surface area (Å²) in [5, 5.41) is 0. The molecule has 0 bridgehead atoms. The Morgan fingerprint density at radius 1 is 1.30 bits per heavy atom. The fraction of sp³-hybridized carbons (Fsp3) is 0.250. The average molecular weight is 270 g/mol. The minimum atomic E-state index is -0.365. The van der Waals surface area contributed by atoms with Crippen molar-refractivity contribution in [3.63, 3.8) is 0 Å². The molecule has 4 nitrogen and oxygen atoms in total. The van der Waals surface area contributed by atoms with E-state index in [-0.39, 0.29) is 5.97 Å². The molecule has 0 unspecified atom stereocenters. The molecule has 2 N–H and O–H groups in total. The molecule has 0 spiro atoms. The van der Waals surface area contributed by atoms with Gasteiger partial charge in [0, 0.05) is 0 Å². The Bertz CT molecular complexity index is 582. The summed E-state index contributed by atoms with van der Waals surface area (Å²) >= 11 is 0. The van der Waals surface area contributed by atoms with Crippen molar-refractivity contribution in [2.75, 3.05) is 12.3 Å². The van der Waals surface area contributed by atoms with E-state index in [0.717, 1.165) is 12.8 Å². The number of anilines is 1. The molecule has 0 radical (unpaired) electrons. The van der Waals surface area contributed by atoms with E-state index in [4.69, 9.17) is 10.5 Å². The zero-order valence-electron chi connectivity index (χ0n) is 11.5. The van der Waals surface area contributed by atoms with Gasteiger partial charge in [-0.1, -0.05) is 30.3 Å². The lowest BCUT2D eigenvalue weighted by molar-refractivity contribution is 0.0499. The Balaban J connectivity index is 1.82. The topological polar surface area (TPSA) is 65.2 Å². The fourth-order valence-electron chi connectivity index (χ4n) is 1.92. The number of aromatic nitrogens is 1. The van der Waals surface area contributed by atoms with E-state index in [1.54, 1.807) is 13.0 Å². The van der Waals surface area contributed by atoms with Crippen LogP contribution >= 0.6 is 0 Å². The summed E-state index contributed by atoms with van der Waals surface area (Å²) in [5.41, 5.74) is 8.40. The van der Waals surface area contributed by atoms with Crippen LogP contribution < -0.4 is 5.73 Å². The van der Waals surface area contributed by atoms with E-state index < -0.39 is 0 Å². The van der Waals surface area contributed by atoms with Gasteiger partial charge in [0.05, 0.1) is 29.7 Å². The van der Waals surface area contributed by atoms with Crippen LogP contribution in [0.1, 0.15) is 28.0 Å². The van der Waals surface area contributed by atoms with E-state index in [0.29, 0.717) is 23.6 Å². The van der Waals surface area contributed by atoms with Crippen molar-refractivity contribution in [1.82, 2.24) is 4.98 Å². The van der Waals surface area contributed by atoms with Gasteiger partial charge in [-0.25, -0.2) is 4.79 Å². The zero-order valence-corrected chi connectivity index (χ0v) is 11.5. The number of carbonyl (C=O) groups excluding carboxylic acids is 1. The molecule has 0 saturated heterocycles. The first kappa shape index (κ1) is 14.1. The number of esters is 1. The maximum atomic E-state index is 11.9. The molecule has 0 saturated carbocycles. The third-order valence-corrected chi connectivity index (χ3v) is 3.01. The molecule has 1 aromatic carbocycles. The van der Waals surface area contributed by atoms with Gasteiger partial charge in [-0.2, -0.15) is 0 Å². The number of nitrogens with zero attached hydrogens (tertiary/aromatic N) is 1. The molecule has 0 amide bonds. The van der Waals surface area contributed by atoms with Crippen molar-refractivity contribution < 1.29 is 9.53 Å². The average Bonchev–Trinajstić information content (AvgIpc) is 2.47. The molecule has 4 heteroatoms. The van der Waals surface area contributed by atoms with E-state index in [2.05, 4.69) is 17.1 Å². The lowest BCUT2D eigenvalue weighted by atomic mass is 10.1. The van der Waals surface area contributed by atoms with E-state index in [9.17, 15) is 4.79 Å². The second-order valence-electron chi connectivity index (χ2n) is 4.63. The maximum absolute atomic E-state index is 11.9. The molecule has 0 aliphatic rings. The zero-order chi connectivity index (χ0) is 14.4. The summed E-state index contributed by atoms with van der Waals surface area (Å²) in [7, 11) is 0. The van der Waals surface area contributed by atoms with Crippen molar-refractivity contribution >= 4 is 11.7 Å². The number of ether oxygens (including phenoxy) is 1. The van der Waals surface area contributed by atoms with Crippen molar-refractivity contribution in [3.05, 3.63) is 59.4 Å². The molecule has 1 aromatic heterocycles. The van der Waals surface area contributed by atoms with Crippen LogP contribution in [0.15, 0.2) is 42.6 Å². The first-order valence-electron chi connectivity index (χ1n) is 6.60. The lowest BCUT2D eigenvalue weighted by Gasteiger charge is -2.07. The molecule has 2 rings (SSSR count). The molecule has 0 fully saturated rings. The molecule has 0 aliphatic carbocycles. The lowest BCUT2D eigenvalue weighted by Crippen LogP contribution is -2.10. The second kappa shape index (κ2) is 6.70. The van der Waals surface area contributed by atoms with Crippen LogP contribution in [0.2, 0.25) is 0 Å². The number of hydrogen-bond acceptors (Lipinski definition) is 4. The van der Waals surface area contributed by atoms with Gasteiger partial charge in [0.2, 0.25) is 0 Å². The third kappa shape index (κ3) is 3.82. The van der Waals surface area contributed by atoms with Gasteiger partial charge in [0.25, 0.3) is 0 Å². The predicted molar refractivity (Wildman–Crippen MR) is 78.4 cm³/mol. The largest absolute Gasteiger partial charge is 0.462 e. The van der Waals surface area contributed by atoms with Crippen LogP contribution in [0.3, 0.4) is 0 Å². The van der Waals surface area contributed by atoms with Gasteiger partial charge in [-0.15, -0.1) is 0 Å². The van der Waals surface area contributed by atoms with Gasteiger partial charge < -0.3 is 10.5 Å². The monoisotopic (exact) mass is 270 g/mol. The number of rotatable bonds is 5. The number of pyridine rings is 1. The summed E-state index contributed by atoms with van der Waals surface area (Å²) in [6, 6.07) is 11.7. The molecule has 1 heterocycles. The van der Waals surface area contributed by atoms with Crippen molar-refractivity contribution in [2.24, 2.45) is 0 Å². The van der Waals surface area contributed by atoms with Gasteiger partial charge in [-0.3, -0.25) is 4.98 Å². The highest BCUT2D eigenvalue weighted by atomic mass is 16.5. The summed E-state index contributed by atoms with van der Waals surface area (Å²) in [5.74, 6) is -0.365. The highest BCUT2D eigenvalue weighted by Crippen LogP contribution is 2.11.